The molecular formula is C22H31N3O3. The van der Waals surface area contributed by atoms with E-state index in [0.717, 1.165) is 50.0 Å². The van der Waals surface area contributed by atoms with Crippen molar-refractivity contribution in [1.82, 2.24) is 10.6 Å². The zero-order valence-electron chi connectivity index (χ0n) is 17.1. The molecule has 6 heteroatoms. The van der Waals surface area contributed by atoms with Crippen LogP contribution in [0.3, 0.4) is 0 Å². The smallest absolute Gasteiger partial charge is 0.338 e. The van der Waals surface area contributed by atoms with E-state index in [1.54, 1.807) is 6.92 Å². The molecule has 0 radical (unpaired) electrons. The van der Waals surface area contributed by atoms with E-state index in [2.05, 4.69) is 29.4 Å². The average Bonchev–Trinajstić information content (AvgIpc) is 2.69. The molecule has 0 aromatic heterocycles. The van der Waals surface area contributed by atoms with Crippen LogP contribution in [0.4, 0.5) is 10.5 Å². The van der Waals surface area contributed by atoms with Gasteiger partial charge in [-0.15, -0.1) is 0 Å². The van der Waals surface area contributed by atoms with Gasteiger partial charge in [0.05, 0.1) is 11.6 Å². The molecule has 2 N–H and O–H groups in total. The zero-order valence-corrected chi connectivity index (χ0v) is 17.1. The van der Waals surface area contributed by atoms with E-state index in [0.29, 0.717) is 11.3 Å². The first-order valence-corrected chi connectivity index (χ1v) is 10.4. The second-order valence-electron chi connectivity index (χ2n) is 7.50. The molecule has 28 heavy (non-hydrogen) atoms. The third-order valence-corrected chi connectivity index (χ3v) is 5.67. The van der Waals surface area contributed by atoms with Gasteiger partial charge in [0.2, 0.25) is 0 Å². The van der Waals surface area contributed by atoms with Crippen molar-refractivity contribution in [3.8, 4) is 0 Å². The van der Waals surface area contributed by atoms with Gasteiger partial charge in [0.25, 0.3) is 0 Å². The van der Waals surface area contributed by atoms with E-state index in [1.807, 2.05) is 24.3 Å². The predicted molar refractivity (Wildman–Crippen MR) is 110 cm³/mol. The Morgan fingerprint density at radius 1 is 1.11 bits per heavy atom. The fourth-order valence-corrected chi connectivity index (χ4v) is 4.08. The summed E-state index contributed by atoms with van der Waals surface area (Å²) in [5.74, 6) is -0.338. The quantitative estimate of drug-likeness (QED) is 0.725. The van der Waals surface area contributed by atoms with Crippen LogP contribution in [0.2, 0.25) is 0 Å². The summed E-state index contributed by atoms with van der Waals surface area (Å²) in [6.45, 7) is 7.86. The lowest BCUT2D eigenvalue weighted by molar-refractivity contribution is -0.146. The van der Waals surface area contributed by atoms with Gasteiger partial charge in [-0.3, -0.25) is 0 Å². The molecule has 2 aliphatic rings. The van der Waals surface area contributed by atoms with Crippen molar-refractivity contribution in [2.24, 2.45) is 0 Å². The monoisotopic (exact) mass is 385 g/mol. The Hall–Kier alpha value is -2.50. The van der Waals surface area contributed by atoms with Crippen molar-refractivity contribution in [3.63, 3.8) is 0 Å². The number of amides is 2. The number of nitrogens with zero attached hydrogens (tertiary/aromatic N) is 1. The van der Waals surface area contributed by atoms with Crippen LogP contribution >= 0.6 is 0 Å². The summed E-state index contributed by atoms with van der Waals surface area (Å²) in [6, 6.07) is 7.22. The van der Waals surface area contributed by atoms with Gasteiger partial charge in [-0.2, -0.15) is 0 Å². The van der Waals surface area contributed by atoms with Crippen LogP contribution in [0.25, 0.3) is 0 Å². The number of hydrogen-bond acceptors (Lipinski definition) is 4. The number of carbonyl (C=O) groups is 2. The minimum Gasteiger partial charge on any atom is -0.459 e. The summed E-state index contributed by atoms with van der Waals surface area (Å²) in [6.07, 6.45) is 5.21. The number of nitrogens with one attached hydrogen (secondary N) is 2. The van der Waals surface area contributed by atoms with E-state index in [4.69, 9.17) is 4.74 Å². The molecule has 1 aliphatic carbocycles. The number of benzene rings is 1. The summed E-state index contributed by atoms with van der Waals surface area (Å²) < 4.78 is 5.79. The zero-order chi connectivity index (χ0) is 20.1. The number of ether oxygens (including phenoxy) is 1. The maximum absolute atomic E-state index is 13.0. The van der Waals surface area contributed by atoms with Crippen molar-refractivity contribution >= 4 is 17.7 Å². The first-order chi connectivity index (χ1) is 13.5. The van der Waals surface area contributed by atoms with Gasteiger partial charge in [-0.25, -0.2) is 9.59 Å². The van der Waals surface area contributed by atoms with Crippen LogP contribution in [0, 0.1) is 0 Å². The molecule has 1 heterocycles. The molecule has 1 aromatic rings. The Morgan fingerprint density at radius 2 is 1.75 bits per heavy atom. The van der Waals surface area contributed by atoms with Crippen molar-refractivity contribution in [3.05, 3.63) is 41.1 Å². The molecule has 0 unspecified atom stereocenters. The third-order valence-electron chi connectivity index (χ3n) is 5.67. The number of rotatable bonds is 6. The highest BCUT2D eigenvalue weighted by Crippen LogP contribution is 2.30. The summed E-state index contributed by atoms with van der Waals surface area (Å²) in [5.41, 5.74) is 3.05. The Morgan fingerprint density at radius 3 is 2.36 bits per heavy atom. The fourth-order valence-electron chi connectivity index (χ4n) is 4.08. The normalized spacial score (nSPS) is 20.4. The van der Waals surface area contributed by atoms with Gasteiger partial charge < -0.3 is 20.3 Å². The molecule has 0 saturated heterocycles. The van der Waals surface area contributed by atoms with Crippen molar-refractivity contribution in [1.29, 1.82) is 0 Å². The lowest BCUT2D eigenvalue weighted by atomic mass is 9.94. The lowest BCUT2D eigenvalue weighted by Crippen LogP contribution is -2.45. The Bertz CT molecular complexity index is 732. The lowest BCUT2D eigenvalue weighted by Gasteiger charge is -2.30. The molecule has 1 fully saturated rings. The van der Waals surface area contributed by atoms with Crippen molar-refractivity contribution in [2.75, 3.05) is 18.0 Å². The van der Waals surface area contributed by atoms with Crippen LogP contribution in [0.15, 0.2) is 35.5 Å². The second kappa shape index (κ2) is 9.13. The van der Waals surface area contributed by atoms with Gasteiger partial charge in [-0.05, 0) is 64.2 Å². The SMILES string of the molecule is CCN(CC)c1ccc([C@H]2NC(=O)NC(C)=C2C(=O)OC2CCCCC2)cc1. The van der Waals surface area contributed by atoms with Crippen LogP contribution in [-0.4, -0.2) is 31.2 Å². The van der Waals surface area contributed by atoms with Gasteiger partial charge in [0.15, 0.2) is 0 Å². The highest BCUT2D eigenvalue weighted by atomic mass is 16.5. The second-order valence-corrected chi connectivity index (χ2v) is 7.50. The van der Waals surface area contributed by atoms with Gasteiger partial charge in [0, 0.05) is 24.5 Å². The number of esters is 1. The molecule has 1 atom stereocenters. The number of urea groups is 1. The largest absolute Gasteiger partial charge is 0.459 e. The highest BCUT2D eigenvalue weighted by Gasteiger charge is 2.33. The fraction of sp³-hybridized carbons (Fsp3) is 0.545. The molecule has 1 aromatic carbocycles. The minimum absolute atomic E-state index is 0.0233. The Kier molecular flexibility index (Phi) is 6.60. The van der Waals surface area contributed by atoms with E-state index in [1.165, 1.54) is 6.42 Å². The van der Waals surface area contributed by atoms with Crippen molar-refractivity contribution in [2.45, 2.75) is 65.0 Å². The average molecular weight is 386 g/mol. The summed E-state index contributed by atoms with van der Waals surface area (Å²) in [4.78, 5) is 27.3. The topological polar surface area (TPSA) is 70.7 Å². The molecule has 2 amide bonds. The van der Waals surface area contributed by atoms with E-state index >= 15 is 0 Å². The molecule has 1 saturated carbocycles. The van der Waals surface area contributed by atoms with E-state index < -0.39 is 6.04 Å². The van der Waals surface area contributed by atoms with E-state index in [9.17, 15) is 9.59 Å². The van der Waals surface area contributed by atoms with Gasteiger partial charge in [0.1, 0.15) is 6.10 Å². The molecule has 6 nitrogen and oxygen atoms in total. The number of hydrogen-bond donors (Lipinski definition) is 2. The summed E-state index contributed by atoms with van der Waals surface area (Å²) >= 11 is 0. The first kappa shape index (κ1) is 20.2. The molecule has 1 aliphatic heterocycles. The molecule has 0 spiro atoms. The van der Waals surface area contributed by atoms with Crippen LogP contribution in [0.5, 0.6) is 0 Å². The Balaban J connectivity index is 1.83. The van der Waals surface area contributed by atoms with Crippen molar-refractivity contribution < 1.29 is 14.3 Å². The predicted octanol–water partition coefficient (Wildman–Crippen LogP) is 4.04. The first-order valence-electron chi connectivity index (χ1n) is 10.4. The maximum atomic E-state index is 13.0. The molecule has 0 bridgehead atoms. The van der Waals surface area contributed by atoms with E-state index in [-0.39, 0.29) is 18.1 Å². The third kappa shape index (κ3) is 4.49. The summed E-state index contributed by atoms with van der Waals surface area (Å²) in [5, 5.41) is 5.60. The number of carbonyl (C=O) groups excluding carboxylic acids is 2. The minimum atomic E-state index is -0.504. The molecular weight excluding hydrogens is 354 g/mol. The van der Waals surface area contributed by atoms with Gasteiger partial charge >= 0.3 is 12.0 Å². The number of allylic oxidation sites excluding steroid dienone is 1. The molecule has 152 valence electrons. The standard InChI is InChI=1S/C22H31N3O3/c1-4-25(5-2)17-13-11-16(12-14-17)20-19(15(3)23-22(27)24-20)21(26)28-18-9-7-6-8-10-18/h11-14,18,20H,4-10H2,1-3H3,(H2,23,24,27)/t20-/m1/s1. The van der Waals surface area contributed by atoms with Crippen LogP contribution < -0.4 is 15.5 Å². The highest BCUT2D eigenvalue weighted by molar-refractivity contribution is 5.95. The maximum Gasteiger partial charge on any atom is 0.338 e. The molecule has 3 rings (SSSR count). The number of anilines is 1. The van der Waals surface area contributed by atoms with Gasteiger partial charge in [-0.1, -0.05) is 18.6 Å². The van der Waals surface area contributed by atoms with Crippen LogP contribution in [0.1, 0.15) is 64.5 Å². The van der Waals surface area contributed by atoms with Crippen LogP contribution in [-0.2, 0) is 9.53 Å². The summed E-state index contributed by atoms with van der Waals surface area (Å²) in [7, 11) is 0. The Labute approximate surface area is 167 Å².